The first-order valence-corrected chi connectivity index (χ1v) is 7.53. The van der Waals surface area contributed by atoms with E-state index in [1.54, 1.807) is 13.3 Å². The van der Waals surface area contributed by atoms with Crippen molar-refractivity contribution in [3.8, 4) is 11.5 Å². The molecule has 3 rings (SSSR count). The Morgan fingerprint density at radius 1 is 1.17 bits per heavy atom. The summed E-state index contributed by atoms with van der Waals surface area (Å²) in [6.07, 6.45) is 2.64. The average molecular weight is 316 g/mol. The largest absolute Gasteiger partial charge is 0.454 e. The summed E-state index contributed by atoms with van der Waals surface area (Å²) >= 11 is 0. The van der Waals surface area contributed by atoms with Crippen LogP contribution in [0.5, 0.6) is 11.5 Å². The highest BCUT2D eigenvalue weighted by molar-refractivity contribution is 5.46. The molecule has 1 aromatic carbocycles. The minimum Gasteiger partial charge on any atom is -0.454 e. The van der Waals surface area contributed by atoms with Crippen molar-refractivity contribution in [2.45, 2.75) is 13.0 Å². The van der Waals surface area contributed by atoms with Crippen molar-refractivity contribution in [2.24, 2.45) is 0 Å². The molecular weight excluding hydrogens is 296 g/mol. The van der Waals surface area contributed by atoms with Crippen molar-refractivity contribution < 1.29 is 14.2 Å². The van der Waals surface area contributed by atoms with Crippen LogP contribution in [0, 0.1) is 0 Å². The summed E-state index contributed by atoms with van der Waals surface area (Å²) in [6.45, 7) is 2.43. The van der Waals surface area contributed by atoms with Gasteiger partial charge in [0, 0.05) is 33.0 Å². The zero-order valence-corrected chi connectivity index (χ0v) is 13.0. The second kappa shape index (κ2) is 7.64. The number of hydrogen-bond donors (Lipinski definition) is 2. The van der Waals surface area contributed by atoms with Crippen LogP contribution in [0.4, 0.5) is 11.8 Å². The van der Waals surface area contributed by atoms with Gasteiger partial charge < -0.3 is 24.8 Å². The van der Waals surface area contributed by atoms with Crippen molar-refractivity contribution in [2.75, 3.05) is 37.7 Å². The Labute approximate surface area is 135 Å². The fourth-order valence-corrected chi connectivity index (χ4v) is 2.20. The molecule has 7 heteroatoms. The van der Waals surface area contributed by atoms with Crippen LogP contribution in [0.3, 0.4) is 0 Å². The molecule has 2 aromatic rings. The maximum atomic E-state index is 5.38. The highest BCUT2D eigenvalue weighted by atomic mass is 16.7. The molecule has 1 aliphatic heterocycles. The first-order valence-electron chi connectivity index (χ1n) is 7.53. The topological polar surface area (TPSA) is 77.5 Å². The van der Waals surface area contributed by atoms with Gasteiger partial charge in [-0.1, -0.05) is 6.07 Å². The van der Waals surface area contributed by atoms with Crippen LogP contribution in [-0.2, 0) is 11.3 Å². The fourth-order valence-electron chi connectivity index (χ4n) is 2.20. The zero-order chi connectivity index (χ0) is 15.9. The molecule has 0 atom stereocenters. The Bertz CT molecular complexity index is 651. The molecule has 23 heavy (non-hydrogen) atoms. The summed E-state index contributed by atoms with van der Waals surface area (Å²) < 4.78 is 15.7. The normalized spacial score (nSPS) is 12.2. The van der Waals surface area contributed by atoms with Crippen LogP contribution >= 0.6 is 0 Å². The Hall–Kier alpha value is -2.54. The molecule has 0 amide bonds. The first kappa shape index (κ1) is 15.4. The summed E-state index contributed by atoms with van der Waals surface area (Å²) in [4.78, 5) is 8.63. The van der Waals surface area contributed by atoms with E-state index in [0.29, 0.717) is 12.5 Å². The van der Waals surface area contributed by atoms with E-state index in [2.05, 4.69) is 20.6 Å². The first-order chi connectivity index (χ1) is 11.3. The quantitative estimate of drug-likeness (QED) is 0.723. The number of methoxy groups -OCH3 is 1. The number of anilines is 2. The lowest BCUT2D eigenvalue weighted by molar-refractivity contribution is 0.174. The molecule has 122 valence electrons. The maximum Gasteiger partial charge on any atom is 0.231 e. The predicted molar refractivity (Wildman–Crippen MR) is 86.9 cm³/mol. The Kier molecular flexibility index (Phi) is 5.10. The number of nitrogens with one attached hydrogen (secondary N) is 2. The Morgan fingerprint density at radius 3 is 3.00 bits per heavy atom. The summed E-state index contributed by atoms with van der Waals surface area (Å²) in [6, 6.07) is 7.74. The minimum atomic E-state index is 0.288. The number of nitrogens with zero attached hydrogens (tertiary/aromatic N) is 2. The van der Waals surface area contributed by atoms with Crippen LogP contribution in [0.15, 0.2) is 30.5 Å². The molecule has 0 saturated heterocycles. The molecule has 0 radical (unpaired) electrons. The van der Waals surface area contributed by atoms with Gasteiger partial charge in [-0.3, -0.25) is 0 Å². The van der Waals surface area contributed by atoms with Gasteiger partial charge in [0.15, 0.2) is 11.5 Å². The monoisotopic (exact) mass is 316 g/mol. The third kappa shape index (κ3) is 4.23. The third-order valence-electron chi connectivity index (χ3n) is 3.37. The van der Waals surface area contributed by atoms with Gasteiger partial charge in [0.25, 0.3) is 0 Å². The Morgan fingerprint density at radius 2 is 2.09 bits per heavy atom. The van der Waals surface area contributed by atoms with E-state index in [1.165, 1.54) is 0 Å². The van der Waals surface area contributed by atoms with Crippen molar-refractivity contribution in [3.05, 3.63) is 36.0 Å². The van der Waals surface area contributed by atoms with Crippen LogP contribution in [0.1, 0.15) is 12.0 Å². The van der Waals surface area contributed by atoms with Crippen LogP contribution in [0.2, 0.25) is 0 Å². The van der Waals surface area contributed by atoms with Crippen molar-refractivity contribution in [1.29, 1.82) is 0 Å². The molecule has 0 saturated carbocycles. The lowest BCUT2D eigenvalue weighted by Gasteiger charge is -2.09. The summed E-state index contributed by atoms with van der Waals surface area (Å²) in [5.41, 5.74) is 1.10. The average Bonchev–Trinajstić information content (AvgIpc) is 3.05. The standard InChI is InChI=1S/C16H20N4O3/c1-21-8-2-6-17-16-18-7-5-15(20-16)19-10-12-3-4-13-14(9-12)23-11-22-13/h3-5,7,9H,2,6,8,10-11H2,1H3,(H2,17,18,19,20). The zero-order valence-electron chi connectivity index (χ0n) is 13.0. The van der Waals surface area contributed by atoms with Gasteiger partial charge in [-0.2, -0.15) is 4.98 Å². The smallest absolute Gasteiger partial charge is 0.231 e. The van der Waals surface area contributed by atoms with Gasteiger partial charge in [0.1, 0.15) is 5.82 Å². The summed E-state index contributed by atoms with van der Waals surface area (Å²) in [5.74, 6) is 2.95. The van der Waals surface area contributed by atoms with E-state index in [9.17, 15) is 0 Å². The molecule has 2 heterocycles. The molecule has 0 fully saturated rings. The number of rotatable bonds is 8. The van der Waals surface area contributed by atoms with Crippen molar-refractivity contribution in [3.63, 3.8) is 0 Å². The number of ether oxygens (including phenoxy) is 3. The summed E-state index contributed by atoms with van der Waals surface area (Å²) in [5, 5.41) is 6.46. The second-order valence-electron chi connectivity index (χ2n) is 5.08. The SMILES string of the molecule is COCCCNc1nccc(NCc2ccc3c(c2)OCO3)n1. The van der Waals surface area contributed by atoms with Gasteiger partial charge in [-0.15, -0.1) is 0 Å². The number of benzene rings is 1. The van der Waals surface area contributed by atoms with E-state index in [4.69, 9.17) is 14.2 Å². The minimum absolute atomic E-state index is 0.288. The van der Waals surface area contributed by atoms with E-state index >= 15 is 0 Å². The molecule has 2 N–H and O–H groups in total. The fraction of sp³-hybridized carbons (Fsp3) is 0.375. The van der Waals surface area contributed by atoms with E-state index in [1.807, 2.05) is 24.3 Å². The molecular formula is C16H20N4O3. The summed E-state index contributed by atoms with van der Waals surface area (Å²) in [7, 11) is 1.69. The van der Waals surface area contributed by atoms with Crippen molar-refractivity contribution >= 4 is 11.8 Å². The second-order valence-corrected chi connectivity index (χ2v) is 5.08. The number of fused-ring (bicyclic) bond motifs is 1. The van der Waals surface area contributed by atoms with Crippen LogP contribution in [0.25, 0.3) is 0 Å². The third-order valence-corrected chi connectivity index (χ3v) is 3.37. The van der Waals surface area contributed by atoms with Gasteiger partial charge in [0.05, 0.1) is 0 Å². The van der Waals surface area contributed by atoms with Gasteiger partial charge in [-0.25, -0.2) is 4.98 Å². The van der Waals surface area contributed by atoms with Gasteiger partial charge in [-0.05, 0) is 30.2 Å². The van der Waals surface area contributed by atoms with E-state index in [0.717, 1.165) is 42.5 Å². The lowest BCUT2D eigenvalue weighted by atomic mass is 10.2. The van der Waals surface area contributed by atoms with Crippen LogP contribution < -0.4 is 20.1 Å². The van der Waals surface area contributed by atoms with E-state index in [-0.39, 0.29) is 6.79 Å². The van der Waals surface area contributed by atoms with Gasteiger partial charge in [0.2, 0.25) is 12.7 Å². The molecule has 0 aliphatic carbocycles. The number of aromatic nitrogens is 2. The molecule has 0 spiro atoms. The molecule has 1 aliphatic rings. The predicted octanol–water partition coefficient (Wildman–Crippen LogP) is 2.27. The van der Waals surface area contributed by atoms with Gasteiger partial charge >= 0.3 is 0 Å². The van der Waals surface area contributed by atoms with Crippen LogP contribution in [-0.4, -0.2) is 37.0 Å². The van der Waals surface area contributed by atoms with E-state index < -0.39 is 0 Å². The number of hydrogen-bond acceptors (Lipinski definition) is 7. The molecule has 0 bridgehead atoms. The maximum absolute atomic E-state index is 5.38. The highest BCUT2D eigenvalue weighted by Gasteiger charge is 2.13. The molecule has 1 aromatic heterocycles. The highest BCUT2D eigenvalue weighted by Crippen LogP contribution is 2.32. The Balaban J connectivity index is 1.53. The molecule has 0 unspecified atom stereocenters. The van der Waals surface area contributed by atoms with Crippen molar-refractivity contribution in [1.82, 2.24) is 9.97 Å². The molecule has 7 nitrogen and oxygen atoms in total. The lowest BCUT2D eigenvalue weighted by Crippen LogP contribution is -2.09.